The van der Waals surface area contributed by atoms with Gasteiger partial charge in [0.05, 0.1) is 19.3 Å². The summed E-state index contributed by atoms with van der Waals surface area (Å²) in [7, 11) is 0. The molecule has 0 N–H and O–H groups in total. The van der Waals surface area contributed by atoms with Gasteiger partial charge < -0.3 is 9.47 Å². The minimum atomic E-state index is -0.166. The van der Waals surface area contributed by atoms with E-state index in [0.717, 1.165) is 32.1 Å². The fourth-order valence-electron chi connectivity index (χ4n) is 12.7. The predicted molar refractivity (Wildman–Crippen MR) is 166 cm³/mol. The van der Waals surface area contributed by atoms with Crippen LogP contribution in [0.1, 0.15) is 113 Å². The monoisotopic (exact) mass is 593 g/mol. The molecule has 0 spiro atoms. The highest BCUT2D eigenvalue weighted by atomic mass is 16.5. The van der Waals surface area contributed by atoms with E-state index in [-0.39, 0.29) is 45.1 Å². The van der Waals surface area contributed by atoms with Crippen LogP contribution < -0.4 is 0 Å². The van der Waals surface area contributed by atoms with Crippen molar-refractivity contribution in [3.05, 3.63) is 24.5 Å². The second kappa shape index (κ2) is 10.4. The molecule has 7 nitrogen and oxygen atoms in total. The Morgan fingerprint density at radius 3 is 2.33 bits per heavy atom. The summed E-state index contributed by atoms with van der Waals surface area (Å²) in [6.07, 6.45) is 15.2. The zero-order chi connectivity index (χ0) is 31.0. The Hall–Kier alpha value is -2.18. The van der Waals surface area contributed by atoms with Crippen molar-refractivity contribution in [3.8, 4) is 0 Å². The highest BCUT2D eigenvalue weighted by Gasteiger charge is 2.71. The van der Waals surface area contributed by atoms with Crippen LogP contribution in [0.5, 0.6) is 0 Å². The third kappa shape index (κ3) is 4.56. The van der Waals surface area contributed by atoms with Gasteiger partial charge in [-0.2, -0.15) is 0 Å². The number of rotatable bonds is 6. The molecule has 0 aromatic carbocycles. The van der Waals surface area contributed by atoms with Gasteiger partial charge in [0, 0.05) is 30.9 Å². The largest absolute Gasteiger partial charge is 0.465 e. The molecule has 0 bridgehead atoms. The van der Waals surface area contributed by atoms with Crippen LogP contribution >= 0.6 is 0 Å². The average molecular weight is 594 g/mol. The summed E-state index contributed by atoms with van der Waals surface area (Å²) in [6.45, 7) is 21.7. The summed E-state index contributed by atoms with van der Waals surface area (Å²) < 4.78 is 13.7. The number of fused-ring (bicyclic) bond motifs is 7. The molecule has 238 valence electrons. The summed E-state index contributed by atoms with van der Waals surface area (Å²) >= 11 is 0. The number of hydrogen-bond donors (Lipinski definition) is 0. The molecule has 0 saturated heterocycles. The van der Waals surface area contributed by atoms with Gasteiger partial charge in [0.1, 0.15) is 6.10 Å². The minimum absolute atomic E-state index is 0.00572. The summed E-state index contributed by atoms with van der Waals surface area (Å²) in [6, 6.07) is 0. The highest BCUT2D eigenvalue weighted by Crippen LogP contribution is 2.77. The maximum atomic E-state index is 12.1. The second-order valence-corrected chi connectivity index (χ2v) is 16.7. The molecule has 1 aromatic rings. The van der Waals surface area contributed by atoms with Gasteiger partial charge in [0.15, 0.2) is 0 Å². The highest BCUT2D eigenvalue weighted by molar-refractivity contribution is 5.66. The van der Waals surface area contributed by atoms with E-state index in [1.165, 1.54) is 37.7 Å². The first-order valence-corrected chi connectivity index (χ1v) is 17.0. The molecule has 1 aromatic heterocycles. The van der Waals surface area contributed by atoms with E-state index in [2.05, 4.69) is 51.5 Å². The fraction of sp³-hybridized carbons (Fsp3) is 0.833. The van der Waals surface area contributed by atoms with Gasteiger partial charge in [0.2, 0.25) is 0 Å². The van der Waals surface area contributed by atoms with Crippen LogP contribution in [-0.4, -0.2) is 39.6 Å². The normalized spacial score (nSPS) is 44.7. The van der Waals surface area contributed by atoms with Crippen molar-refractivity contribution in [2.75, 3.05) is 6.61 Å². The van der Waals surface area contributed by atoms with Gasteiger partial charge in [-0.1, -0.05) is 52.0 Å². The number of carbonyl (C=O) groups is 2. The van der Waals surface area contributed by atoms with E-state index >= 15 is 0 Å². The predicted octanol–water partition coefficient (Wildman–Crippen LogP) is 7.41. The number of carbonyl (C=O) groups excluding carboxylic acids is 2. The molecular weight excluding hydrogens is 538 g/mol. The Bertz CT molecular complexity index is 1260. The SMILES string of the molecule is C=C(Cn1ccnn1)[C@@H]1CC[C@]2(COC(C)=O)CC[C@]3(C)[C@H](CC[C@@H]4[C@@]5(C)CCC(OC(C)=O)C(C)(C)[C@@H]5CC[C@]43C)[C@@H]12. The Morgan fingerprint density at radius 2 is 1.65 bits per heavy atom. The molecule has 0 aliphatic heterocycles. The number of ether oxygens (including phenoxy) is 2. The van der Waals surface area contributed by atoms with Crippen LogP contribution in [-0.2, 0) is 25.6 Å². The maximum absolute atomic E-state index is 12.1. The Labute approximate surface area is 258 Å². The Morgan fingerprint density at radius 1 is 0.884 bits per heavy atom. The summed E-state index contributed by atoms with van der Waals surface area (Å²) in [5.41, 5.74) is 1.93. The van der Waals surface area contributed by atoms with Gasteiger partial charge >= 0.3 is 11.9 Å². The molecule has 10 atom stereocenters. The van der Waals surface area contributed by atoms with E-state index in [1.54, 1.807) is 20.0 Å². The lowest BCUT2D eigenvalue weighted by Gasteiger charge is -2.73. The van der Waals surface area contributed by atoms with Gasteiger partial charge in [-0.15, -0.1) is 5.10 Å². The van der Waals surface area contributed by atoms with Gasteiger partial charge in [-0.05, 0) is 110 Å². The first kappa shape index (κ1) is 30.8. The smallest absolute Gasteiger partial charge is 0.302 e. The second-order valence-electron chi connectivity index (χ2n) is 16.7. The fourth-order valence-corrected chi connectivity index (χ4v) is 12.7. The number of allylic oxidation sites excluding steroid dienone is 1. The molecule has 5 aliphatic carbocycles. The third-order valence-electron chi connectivity index (χ3n) is 14.8. The molecule has 1 unspecified atom stereocenters. The van der Waals surface area contributed by atoms with Crippen molar-refractivity contribution in [3.63, 3.8) is 0 Å². The van der Waals surface area contributed by atoms with Crippen LogP contribution in [0.25, 0.3) is 0 Å². The summed E-state index contributed by atoms with van der Waals surface area (Å²) in [5, 5.41) is 8.29. The minimum Gasteiger partial charge on any atom is -0.465 e. The number of aromatic nitrogens is 3. The van der Waals surface area contributed by atoms with E-state index < -0.39 is 0 Å². The Balaban J connectivity index is 1.34. The summed E-state index contributed by atoms with van der Waals surface area (Å²) in [5.74, 6) is 2.31. The molecule has 6 rings (SSSR count). The van der Waals surface area contributed by atoms with Crippen LogP contribution in [0, 0.1) is 56.7 Å². The van der Waals surface area contributed by atoms with Crippen LogP contribution in [0.2, 0.25) is 0 Å². The molecule has 5 fully saturated rings. The Kier molecular flexibility index (Phi) is 7.48. The van der Waals surface area contributed by atoms with Gasteiger partial charge in [0.25, 0.3) is 0 Å². The lowest BCUT2D eigenvalue weighted by Crippen LogP contribution is -2.67. The van der Waals surface area contributed by atoms with Crippen LogP contribution in [0.15, 0.2) is 24.5 Å². The standard InChI is InChI=1S/C36H55N3O4/c1-23(21-39-20-19-37-38-39)26-11-16-36(22-42-24(2)40)18-17-34(7)27(31(26)36)9-10-29-33(6)14-13-30(43-25(3)41)32(4,5)28(33)12-15-35(29,34)8/h19-20,26-31H,1,9-18,21-22H2,2-8H3/t26-,27+,28-,29+,30?,31+,33-,34+,35+,36+/m0/s1. The topological polar surface area (TPSA) is 83.3 Å². The van der Waals surface area contributed by atoms with Crippen molar-refractivity contribution in [2.45, 2.75) is 125 Å². The zero-order valence-electron chi connectivity index (χ0n) is 27.8. The van der Waals surface area contributed by atoms with Gasteiger partial charge in [-0.3, -0.25) is 9.59 Å². The molecule has 43 heavy (non-hydrogen) atoms. The van der Waals surface area contributed by atoms with Crippen molar-refractivity contribution in [2.24, 2.45) is 56.7 Å². The number of hydrogen-bond acceptors (Lipinski definition) is 6. The lowest BCUT2D eigenvalue weighted by atomic mass is 9.32. The first-order valence-electron chi connectivity index (χ1n) is 17.0. The molecule has 5 saturated carbocycles. The zero-order valence-corrected chi connectivity index (χ0v) is 27.8. The van der Waals surface area contributed by atoms with E-state index in [4.69, 9.17) is 9.47 Å². The van der Waals surface area contributed by atoms with E-state index in [0.29, 0.717) is 42.7 Å². The van der Waals surface area contributed by atoms with Crippen molar-refractivity contribution < 1.29 is 19.1 Å². The average Bonchev–Trinajstić information content (AvgIpc) is 3.58. The molecule has 7 heteroatoms. The third-order valence-corrected chi connectivity index (χ3v) is 14.8. The number of nitrogens with zero attached hydrogens (tertiary/aromatic N) is 3. The number of esters is 2. The van der Waals surface area contributed by atoms with Crippen molar-refractivity contribution in [1.82, 2.24) is 15.0 Å². The first-order chi connectivity index (χ1) is 20.2. The molecule has 0 radical (unpaired) electrons. The van der Waals surface area contributed by atoms with E-state index in [1.807, 2.05) is 10.9 Å². The molecule has 0 amide bonds. The van der Waals surface area contributed by atoms with Gasteiger partial charge in [-0.25, -0.2) is 4.68 Å². The molecule has 5 aliphatic rings. The van der Waals surface area contributed by atoms with Crippen LogP contribution in [0.3, 0.4) is 0 Å². The van der Waals surface area contributed by atoms with Crippen molar-refractivity contribution in [1.29, 1.82) is 0 Å². The van der Waals surface area contributed by atoms with Crippen LogP contribution in [0.4, 0.5) is 0 Å². The lowest BCUT2D eigenvalue weighted by molar-refractivity contribution is -0.252. The summed E-state index contributed by atoms with van der Waals surface area (Å²) in [4.78, 5) is 24.1. The maximum Gasteiger partial charge on any atom is 0.302 e. The van der Waals surface area contributed by atoms with E-state index in [9.17, 15) is 9.59 Å². The quantitative estimate of drug-likeness (QED) is 0.252. The molecule has 1 heterocycles. The van der Waals surface area contributed by atoms with Crippen molar-refractivity contribution >= 4 is 11.9 Å². The molecular formula is C36H55N3O4.